The van der Waals surface area contributed by atoms with Crippen LogP contribution in [-0.2, 0) is 14.3 Å². The number of ether oxygens (including phenoxy) is 1. The maximum absolute atomic E-state index is 12.5. The molecule has 3 N–H and O–H groups in total. The molecule has 4 rings (SSSR count). The van der Waals surface area contributed by atoms with Crippen LogP contribution in [-0.4, -0.2) is 42.3 Å². The van der Waals surface area contributed by atoms with E-state index in [1.54, 1.807) is 0 Å². The van der Waals surface area contributed by atoms with Crippen molar-refractivity contribution in [3.05, 3.63) is 0 Å². The summed E-state index contributed by atoms with van der Waals surface area (Å²) in [6.45, 7) is -0.470. The van der Waals surface area contributed by atoms with E-state index in [1.165, 1.54) is 7.05 Å². The second kappa shape index (κ2) is 5.22. The van der Waals surface area contributed by atoms with Crippen LogP contribution in [0.1, 0.15) is 38.5 Å². The molecule has 0 unspecified atom stereocenters. The quantitative estimate of drug-likeness (QED) is 0.651. The van der Waals surface area contributed by atoms with Crippen LogP contribution in [0.25, 0.3) is 0 Å². The first kappa shape index (κ1) is 15.3. The zero-order valence-corrected chi connectivity index (χ0v) is 12.7. The lowest BCUT2D eigenvalue weighted by molar-refractivity contribution is -0.196. The number of urea groups is 1. The van der Waals surface area contributed by atoms with Crippen LogP contribution < -0.4 is 10.6 Å². The van der Waals surface area contributed by atoms with E-state index in [1.807, 2.05) is 0 Å². The molecule has 4 aliphatic carbocycles. The lowest BCUT2D eigenvalue weighted by Crippen LogP contribution is -2.58. The van der Waals surface area contributed by atoms with Gasteiger partial charge >= 0.3 is 12.0 Å². The summed E-state index contributed by atoms with van der Waals surface area (Å²) in [6.07, 6.45) is 4.53. The fraction of sp³-hybridized carbons (Fsp3) is 0.800. The Morgan fingerprint density at radius 3 is 2.36 bits per heavy atom. The summed E-state index contributed by atoms with van der Waals surface area (Å²) in [6, 6.07) is -0.634. The Kier molecular flexibility index (Phi) is 3.63. The first-order chi connectivity index (χ1) is 10.3. The SMILES string of the molecule is CNC(=O)NC(=O)COC(=O)C12C[C@H]3C[C@@H](CC(O)(C3)C1)C2. The van der Waals surface area contributed by atoms with Gasteiger partial charge in [-0.15, -0.1) is 0 Å². The summed E-state index contributed by atoms with van der Waals surface area (Å²) in [4.78, 5) is 35.0. The summed E-state index contributed by atoms with van der Waals surface area (Å²) in [5.41, 5.74) is -1.39. The molecular formula is C15H22N2O5. The lowest BCUT2D eigenvalue weighted by atomic mass is 9.48. The van der Waals surface area contributed by atoms with E-state index in [0.717, 1.165) is 32.1 Å². The van der Waals surface area contributed by atoms with Gasteiger partial charge in [0.25, 0.3) is 5.91 Å². The molecule has 0 radical (unpaired) electrons. The average Bonchev–Trinajstić information content (AvgIpc) is 2.41. The Labute approximate surface area is 128 Å². The van der Waals surface area contributed by atoms with E-state index in [0.29, 0.717) is 18.3 Å². The third kappa shape index (κ3) is 2.69. The predicted molar refractivity (Wildman–Crippen MR) is 75.6 cm³/mol. The van der Waals surface area contributed by atoms with Gasteiger partial charge in [-0.1, -0.05) is 0 Å². The molecule has 0 aromatic heterocycles. The number of rotatable bonds is 3. The molecule has 22 heavy (non-hydrogen) atoms. The van der Waals surface area contributed by atoms with Gasteiger partial charge < -0.3 is 15.2 Å². The highest BCUT2D eigenvalue weighted by Crippen LogP contribution is 2.61. The van der Waals surface area contributed by atoms with Gasteiger partial charge in [-0.25, -0.2) is 4.79 Å². The van der Waals surface area contributed by atoms with Gasteiger partial charge in [0.1, 0.15) is 0 Å². The van der Waals surface area contributed by atoms with Gasteiger partial charge in [0.15, 0.2) is 6.61 Å². The fourth-order valence-corrected chi connectivity index (χ4v) is 4.96. The molecule has 4 bridgehead atoms. The molecule has 0 heterocycles. The van der Waals surface area contributed by atoms with Crippen molar-refractivity contribution in [3.63, 3.8) is 0 Å². The molecule has 7 nitrogen and oxygen atoms in total. The van der Waals surface area contributed by atoms with E-state index in [2.05, 4.69) is 10.6 Å². The minimum atomic E-state index is -0.743. The maximum Gasteiger partial charge on any atom is 0.321 e. The molecule has 2 atom stereocenters. The summed E-state index contributed by atoms with van der Waals surface area (Å²) < 4.78 is 5.14. The van der Waals surface area contributed by atoms with Crippen molar-refractivity contribution in [1.82, 2.24) is 10.6 Å². The average molecular weight is 310 g/mol. The standard InChI is InChI=1S/C15H22N2O5/c1-16-13(20)17-11(18)7-22-12(19)14-3-9-2-10(4-14)6-15(21,5-9)8-14/h9-10,21H,2-8H2,1H3,(H2,16,17,18,20)/t9-,10-,14?,15?/m1/s1. The predicted octanol–water partition coefficient (Wildman–Crippen LogP) is 0.316. The molecule has 7 heteroatoms. The number of imide groups is 1. The van der Waals surface area contributed by atoms with Crippen molar-refractivity contribution in [2.24, 2.45) is 17.3 Å². The van der Waals surface area contributed by atoms with E-state index in [-0.39, 0.29) is 0 Å². The molecule has 4 aliphatic rings. The molecule has 0 aromatic carbocycles. The molecule has 122 valence electrons. The second-order valence-corrected chi connectivity index (χ2v) is 7.17. The fourth-order valence-electron chi connectivity index (χ4n) is 4.96. The van der Waals surface area contributed by atoms with Gasteiger partial charge in [0.05, 0.1) is 11.0 Å². The van der Waals surface area contributed by atoms with Gasteiger partial charge in [-0.2, -0.15) is 0 Å². The van der Waals surface area contributed by atoms with Crippen molar-refractivity contribution in [2.45, 2.75) is 44.1 Å². The van der Waals surface area contributed by atoms with Crippen molar-refractivity contribution in [1.29, 1.82) is 0 Å². The lowest BCUT2D eigenvalue weighted by Gasteiger charge is -2.58. The van der Waals surface area contributed by atoms with Gasteiger partial charge in [0, 0.05) is 7.05 Å². The van der Waals surface area contributed by atoms with Crippen LogP contribution in [0.3, 0.4) is 0 Å². The molecule has 3 amide bonds. The van der Waals surface area contributed by atoms with E-state index < -0.39 is 35.5 Å². The zero-order valence-electron chi connectivity index (χ0n) is 12.7. The van der Waals surface area contributed by atoms with E-state index >= 15 is 0 Å². The number of aliphatic hydroxyl groups is 1. The first-order valence-corrected chi connectivity index (χ1v) is 7.75. The summed E-state index contributed by atoms with van der Waals surface area (Å²) >= 11 is 0. The highest BCUT2D eigenvalue weighted by Gasteiger charge is 2.60. The van der Waals surface area contributed by atoms with Crippen LogP contribution in [0.2, 0.25) is 0 Å². The highest BCUT2D eigenvalue weighted by molar-refractivity contribution is 5.95. The van der Waals surface area contributed by atoms with Gasteiger partial charge in [-0.3, -0.25) is 14.9 Å². The van der Waals surface area contributed by atoms with Crippen LogP contribution in [0.4, 0.5) is 4.79 Å². The third-order valence-corrected chi connectivity index (χ3v) is 5.28. The number of carbonyl (C=O) groups is 3. The monoisotopic (exact) mass is 310 g/mol. The molecule has 0 aromatic rings. The van der Waals surface area contributed by atoms with Gasteiger partial charge in [-0.05, 0) is 50.4 Å². The number of nitrogens with one attached hydrogen (secondary N) is 2. The molecule has 0 spiro atoms. The Morgan fingerprint density at radius 2 is 1.82 bits per heavy atom. The Hall–Kier alpha value is -1.63. The van der Waals surface area contributed by atoms with E-state index in [9.17, 15) is 19.5 Å². The van der Waals surface area contributed by atoms with Crippen molar-refractivity contribution in [3.8, 4) is 0 Å². The summed E-state index contributed by atoms with van der Waals surface area (Å²) in [7, 11) is 1.39. The highest BCUT2D eigenvalue weighted by atomic mass is 16.5. The summed E-state index contributed by atoms with van der Waals surface area (Å²) in [5.74, 6) is -0.319. The van der Waals surface area contributed by atoms with Crippen LogP contribution in [0, 0.1) is 17.3 Å². The Morgan fingerprint density at radius 1 is 1.18 bits per heavy atom. The normalized spacial score (nSPS) is 38.5. The molecule has 0 aliphatic heterocycles. The number of amides is 3. The Balaban J connectivity index is 1.60. The van der Waals surface area contributed by atoms with Crippen LogP contribution >= 0.6 is 0 Å². The summed E-state index contributed by atoms with van der Waals surface area (Å²) in [5, 5.41) is 14.9. The first-order valence-electron chi connectivity index (χ1n) is 7.75. The van der Waals surface area contributed by atoms with Crippen LogP contribution in [0.5, 0.6) is 0 Å². The molecule has 4 fully saturated rings. The molecular weight excluding hydrogens is 288 g/mol. The van der Waals surface area contributed by atoms with Crippen molar-refractivity contribution in [2.75, 3.05) is 13.7 Å². The number of hydrogen-bond acceptors (Lipinski definition) is 5. The van der Waals surface area contributed by atoms with Crippen LogP contribution in [0.15, 0.2) is 0 Å². The molecule has 4 saturated carbocycles. The minimum Gasteiger partial charge on any atom is -0.455 e. The molecule has 0 saturated heterocycles. The smallest absolute Gasteiger partial charge is 0.321 e. The number of carbonyl (C=O) groups excluding carboxylic acids is 3. The maximum atomic E-state index is 12.5. The third-order valence-electron chi connectivity index (χ3n) is 5.28. The topological polar surface area (TPSA) is 105 Å². The van der Waals surface area contributed by atoms with E-state index in [4.69, 9.17) is 4.74 Å². The van der Waals surface area contributed by atoms with Gasteiger partial charge in [0.2, 0.25) is 0 Å². The zero-order chi connectivity index (χ0) is 16.0. The van der Waals surface area contributed by atoms with Crippen molar-refractivity contribution >= 4 is 17.9 Å². The second-order valence-electron chi connectivity index (χ2n) is 7.17. The Bertz CT molecular complexity index is 504. The number of esters is 1. The minimum absolute atomic E-state index is 0.374. The van der Waals surface area contributed by atoms with Crippen molar-refractivity contribution < 1.29 is 24.2 Å². The number of hydrogen-bond donors (Lipinski definition) is 3. The largest absolute Gasteiger partial charge is 0.455 e.